The molecule has 0 aromatic carbocycles. The molecule has 0 spiro atoms. The Labute approximate surface area is 138 Å². The molecule has 126 valence electrons. The topological polar surface area (TPSA) is 47.7 Å². The van der Waals surface area contributed by atoms with Crippen molar-refractivity contribution in [1.82, 2.24) is 9.80 Å². The van der Waals surface area contributed by atoms with E-state index in [1.54, 1.807) is 4.90 Å². The van der Waals surface area contributed by atoms with E-state index in [0.717, 1.165) is 29.8 Å². The molecule has 0 bridgehead atoms. The van der Waals surface area contributed by atoms with E-state index in [1.807, 2.05) is 64.0 Å². The Morgan fingerprint density at radius 2 is 2.04 bits per heavy atom. The quantitative estimate of drug-likeness (QED) is 0.832. The van der Waals surface area contributed by atoms with Crippen LogP contribution in [0.25, 0.3) is 5.70 Å². The standard InChI is InChI=1S/C18H28N3O2/c1-13-8-6-10-20(12-13)16-14(2)15(3)17(22)21(18(16)23)11-7-9-19(4)5/h6,8,10,12,15,18,23H,7,9,11H2,1-5H3/q+1. The number of hydrogen-bond acceptors (Lipinski definition) is 3. The van der Waals surface area contributed by atoms with Gasteiger partial charge >= 0.3 is 0 Å². The zero-order valence-corrected chi connectivity index (χ0v) is 14.8. The molecular formula is C18H28N3O2+. The summed E-state index contributed by atoms with van der Waals surface area (Å²) in [6, 6.07) is 3.98. The van der Waals surface area contributed by atoms with Gasteiger partial charge in [-0.15, -0.1) is 0 Å². The second-order valence-electron chi connectivity index (χ2n) is 6.64. The molecule has 23 heavy (non-hydrogen) atoms. The van der Waals surface area contributed by atoms with Gasteiger partial charge in [0.2, 0.25) is 17.8 Å². The summed E-state index contributed by atoms with van der Waals surface area (Å²) in [5.41, 5.74) is 2.84. The third-order valence-corrected chi connectivity index (χ3v) is 4.48. The fourth-order valence-corrected chi connectivity index (χ4v) is 3.00. The molecule has 2 rings (SSSR count). The molecule has 1 N–H and O–H groups in total. The lowest BCUT2D eigenvalue weighted by Crippen LogP contribution is -2.55. The Bertz CT molecular complexity index is 610. The summed E-state index contributed by atoms with van der Waals surface area (Å²) in [5.74, 6) is -0.202. The van der Waals surface area contributed by atoms with Crippen molar-refractivity contribution in [2.45, 2.75) is 33.4 Å². The maximum atomic E-state index is 12.6. The van der Waals surface area contributed by atoms with Crippen LogP contribution in [-0.2, 0) is 4.79 Å². The van der Waals surface area contributed by atoms with E-state index in [4.69, 9.17) is 0 Å². The van der Waals surface area contributed by atoms with E-state index in [0.29, 0.717) is 6.54 Å². The van der Waals surface area contributed by atoms with Crippen LogP contribution in [0.2, 0.25) is 0 Å². The first kappa shape index (κ1) is 17.6. The maximum Gasteiger partial charge on any atom is 0.236 e. The van der Waals surface area contributed by atoms with E-state index >= 15 is 0 Å². The summed E-state index contributed by atoms with van der Waals surface area (Å²) < 4.78 is 1.94. The Kier molecular flexibility index (Phi) is 5.55. The molecule has 1 aliphatic heterocycles. The number of amides is 1. The Morgan fingerprint density at radius 1 is 1.35 bits per heavy atom. The zero-order valence-electron chi connectivity index (χ0n) is 14.8. The average Bonchev–Trinajstić information content (AvgIpc) is 2.48. The van der Waals surface area contributed by atoms with Crippen molar-refractivity contribution in [1.29, 1.82) is 0 Å². The molecule has 2 unspecified atom stereocenters. The molecule has 0 saturated heterocycles. The summed E-state index contributed by atoms with van der Waals surface area (Å²) in [7, 11) is 4.02. The van der Waals surface area contributed by atoms with Crippen molar-refractivity contribution in [2.75, 3.05) is 27.2 Å². The number of nitrogens with zero attached hydrogens (tertiary/aromatic N) is 3. The molecule has 1 aliphatic rings. The van der Waals surface area contributed by atoms with E-state index in [-0.39, 0.29) is 11.8 Å². The van der Waals surface area contributed by atoms with Gasteiger partial charge in [0.05, 0.1) is 5.92 Å². The highest BCUT2D eigenvalue weighted by atomic mass is 16.3. The van der Waals surface area contributed by atoms with Crippen LogP contribution in [0, 0.1) is 12.8 Å². The summed E-state index contributed by atoms with van der Waals surface area (Å²) in [6.45, 7) is 7.32. The minimum Gasteiger partial charge on any atom is -0.364 e. The van der Waals surface area contributed by atoms with Crippen LogP contribution in [0.15, 0.2) is 30.1 Å². The lowest BCUT2D eigenvalue weighted by Gasteiger charge is -2.35. The molecule has 1 aromatic rings. The molecule has 0 radical (unpaired) electrons. The van der Waals surface area contributed by atoms with Crippen molar-refractivity contribution >= 4 is 11.6 Å². The summed E-state index contributed by atoms with van der Waals surface area (Å²) >= 11 is 0. The van der Waals surface area contributed by atoms with Crippen LogP contribution in [0.1, 0.15) is 25.8 Å². The Morgan fingerprint density at radius 3 is 2.65 bits per heavy atom. The monoisotopic (exact) mass is 318 g/mol. The van der Waals surface area contributed by atoms with E-state index < -0.39 is 6.23 Å². The summed E-state index contributed by atoms with van der Waals surface area (Å²) in [6.07, 6.45) is 3.86. The molecule has 2 atom stereocenters. The fourth-order valence-electron chi connectivity index (χ4n) is 3.00. The first-order chi connectivity index (χ1) is 10.8. The van der Waals surface area contributed by atoms with Crippen LogP contribution in [-0.4, -0.2) is 54.2 Å². The maximum absolute atomic E-state index is 12.6. The first-order valence-corrected chi connectivity index (χ1v) is 8.15. The number of carbonyl (C=O) groups excluding carboxylic acids is 1. The van der Waals surface area contributed by atoms with Gasteiger partial charge in [0.1, 0.15) is 0 Å². The number of pyridine rings is 1. The average molecular weight is 318 g/mol. The largest absolute Gasteiger partial charge is 0.364 e. The van der Waals surface area contributed by atoms with Crippen molar-refractivity contribution < 1.29 is 14.5 Å². The van der Waals surface area contributed by atoms with Gasteiger partial charge in [-0.3, -0.25) is 4.79 Å². The molecule has 1 aromatic heterocycles. The predicted molar refractivity (Wildman–Crippen MR) is 90.3 cm³/mol. The van der Waals surface area contributed by atoms with Gasteiger partial charge in [0, 0.05) is 23.7 Å². The normalized spacial score (nSPS) is 22.2. The zero-order chi connectivity index (χ0) is 17.1. The van der Waals surface area contributed by atoms with Crippen molar-refractivity contribution in [3.63, 3.8) is 0 Å². The lowest BCUT2D eigenvalue weighted by molar-refractivity contribution is -0.590. The number of aliphatic hydroxyl groups excluding tert-OH is 1. The molecular weight excluding hydrogens is 290 g/mol. The summed E-state index contributed by atoms with van der Waals surface area (Å²) in [5, 5.41) is 10.8. The third-order valence-electron chi connectivity index (χ3n) is 4.48. The number of aliphatic hydroxyl groups is 1. The van der Waals surface area contributed by atoms with Gasteiger partial charge in [-0.1, -0.05) is 0 Å². The minimum absolute atomic E-state index is 0.00533. The van der Waals surface area contributed by atoms with Crippen molar-refractivity contribution in [3.8, 4) is 0 Å². The van der Waals surface area contributed by atoms with Crippen LogP contribution >= 0.6 is 0 Å². The summed E-state index contributed by atoms with van der Waals surface area (Å²) in [4.78, 5) is 16.3. The molecule has 5 heteroatoms. The molecule has 0 fully saturated rings. The van der Waals surface area contributed by atoms with Crippen molar-refractivity contribution in [3.05, 3.63) is 35.7 Å². The SMILES string of the molecule is CC1=C([n+]2cccc(C)c2)C(O)N(CCCN(C)C)C(=O)C1C. The minimum atomic E-state index is -0.896. The lowest BCUT2D eigenvalue weighted by atomic mass is 9.93. The van der Waals surface area contributed by atoms with E-state index in [9.17, 15) is 9.90 Å². The molecule has 1 amide bonds. The van der Waals surface area contributed by atoms with Gasteiger partial charge in [-0.05, 0) is 53.9 Å². The second kappa shape index (κ2) is 7.23. The fraction of sp³-hybridized carbons (Fsp3) is 0.556. The predicted octanol–water partition coefficient (Wildman–Crippen LogP) is 1.26. The van der Waals surface area contributed by atoms with Crippen LogP contribution in [0.3, 0.4) is 0 Å². The highest BCUT2D eigenvalue weighted by molar-refractivity contribution is 5.86. The number of rotatable bonds is 5. The number of hydrogen-bond donors (Lipinski definition) is 1. The van der Waals surface area contributed by atoms with Crippen LogP contribution in [0.4, 0.5) is 0 Å². The highest BCUT2D eigenvalue weighted by Crippen LogP contribution is 2.28. The molecule has 5 nitrogen and oxygen atoms in total. The van der Waals surface area contributed by atoms with Gasteiger partial charge in [0.15, 0.2) is 12.4 Å². The highest BCUT2D eigenvalue weighted by Gasteiger charge is 2.41. The second-order valence-corrected chi connectivity index (χ2v) is 6.64. The first-order valence-electron chi connectivity index (χ1n) is 8.15. The van der Waals surface area contributed by atoms with E-state index in [1.165, 1.54) is 0 Å². The van der Waals surface area contributed by atoms with E-state index in [2.05, 4.69) is 4.90 Å². The van der Waals surface area contributed by atoms with Crippen LogP contribution in [0.5, 0.6) is 0 Å². The van der Waals surface area contributed by atoms with Crippen LogP contribution < -0.4 is 4.57 Å². The Balaban J connectivity index is 2.31. The number of aryl methyl sites for hydroxylation is 1. The number of aromatic nitrogens is 1. The van der Waals surface area contributed by atoms with Gasteiger partial charge in [-0.25, -0.2) is 0 Å². The number of carbonyl (C=O) groups is 1. The molecule has 0 aliphatic carbocycles. The third kappa shape index (κ3) is 3.79. The Hall–Kier alpha value is -1.72. The van der Waals surface area contributed by atoms with Gasteiger partial charge in [-0.2, -0.15) is 4.57 Å². The van der Waals surface area contributed by atoms with Gasteiger partial charge < -0.3 is 14.9 Å². The molecule has 2 heterocycles. The van der Waals surface area contributed by atoms with Crippen molar-refractivity contribution in [2.24, 2.45) is 5.92 Å². The van der Waals surface area contributed by atoms with Gasteiger partial charge in [0.25, 0.3) is 0 Å². The molecule has 0 saturated carbocycles. The smallest absolute Gasteiger partial charge is 0.236 e.